The minimum Gasteiger partial charge on any atom is -0.309 e. The van der Waals surface area contributed by atoms with Crippen LogP contribution in [0.5, 0.6) is 0 Å². The summed E-state index contributed by atoms with van der Waals surface area (Å²) in [6, 6.07) is 76.5. The summed E-state index contributed by atoms with van der Waals surface area (Å²) in [6.45, 7) is 4.72. The van der Waals surface area contributed by atoms with Gasteiger partial charge in [-0.15, -0.1) is 0 Å². The molecule has 3 heteroatoms. The van der Waals surface area contributed by atoms with Crippen LogP contribution in [0, 0.1) is 0 Å². The van der Waals surface area contributed by atoms with Crippen molar-refractivity contribution in [2.45, 2.75) is 19.3 Å². The van der Waals surface area contributed by atoms with Crippen LogP contribution < -0.4 is 0 Å². The highest BCUT2D eigenvalue weighted by atomic mass is 15.0. The first-order chi connectivity index (χ1) is 30.5. The Hall–Kier alpha value is -7.88. The molecule has 0 fully saturated rings. The summed E-state index contributed by atoms with van der Waals surface area (Å²) in [6.07, 6.45) is 0. The lowest BCUT2D eigenvalue weighted by Crippen LogP contribution is -2.14. The fourth-order valence-corrected chi connectivity index (χ4v) is 10.0. The van der Waals surface area contributed by atoms with Crippen LogP contribution in [0.4, 0.5) is 0 Å². The lowest BCUT2D eigenvalue weighted by atomic mass is 9.81. The van der Waals surface area contributed by atoms with Crippen molar-refractivity contribution in [2.24, 2.45) is 0 Å². The Bertz CT molecular complexity index is 3520. The Morgan fingerprint density at radius 2 is 0.984 bits per heavy atom. The molecule has 0 saturated heterocycles. The van der Waals surface area contributed by atoms with Crippen molar-refractivity contribution in [1.29, 1.82) is 0 Å². The van der Waals surface area contributed by atoms with E-state index in [4.69, 9.17) is 9.97 Å². The molecule has 1 aliphatic rings. The van der Waals surface area contributed by atoms with Crippen LogP contribution in [-0.4, -0.2) is 14.5 Å². The van der Waals surface area contributed by atoms with E-state index in [0.29, 0.717) is 5.82 Å². The maximum Gasteiger partial charge on any atom is 0.160 e. The molecular formula is C59H41N3. The molecule has 2 aromatic heterocycles. The minimum atomic E-state index is -0.141. The Labute approximate surface area is 361 Å². The van der Waals surface area contributed by atoms with Gasteiger partial charge in [0.1, 0.15) is 0 Å². The van der Waals surface area contributed by atoms with E-state index in [0.717, 1.165) is 44.9 Å². The highest BCUT2D eigenvalue weighted by molar-refractivity contribution is 6.14. The summed E-state index contributed by atoms with van der Waals surface area (Å²) in [4.78, 5) is 10.6. The molecule has 12 rings (SSSR count). The molecule has 3 nitrogen and oxygen atoms in total. The largest absolute Gasteiger partial charge is 0.309 e. The van der Waals surface area contributed by atoms with Gasteiger partial charge in [-0.2, -0.15) is 0 Å². The lowest BCUT2D eigenvalue weighted by molar-refractivity contribution is 0.661. The van der Waals surface area contributed by atoms with Crippen molar-refractivity contribution in [3.8, 4) is 73.0 Å². The number of nitrogens with zero attached hydrogens (tertiary/aromatic N) is 3. The van der Waals surface area contributed by atoms with E-state index >= 15 is 0 Å². The number of aromatic nitrogens is 3. The zero-order valence-corrected chi connectivity index (χ0v) is 34.5. The smallest absolute Gasteiger partial charge is 0.160 e. The molecule has 0 radical (unpaired) electrons. The molecule has 2 heterocycles. The van der Waals surface area contributed by atoms with E-state index in [1.165, 1.54) is 66.0 Å². The molecule has 0 amide bonds. The highest BCUT2D eigenvalue weighted by Gasteiger charge is 2.37. The first-order valence-electron chi connectivity index (χ1n) is 21.4. The van der Waals surface area contributed by atoms with Crippen LogP contribution in [0.1, 0.15) is 25.0 Å². The van der Waals surface area contributed by atoms with E-state index in [1.807, 2.05) is 6.07 Å². The Morgan fingerprint density at radius 3 is 1.79 bits per heavy atom. The monoisotopic (exact) mass is 791 g/mol. The SMILES string of the molecule is CC1(C)c2cc3ccccc3cc2-c2c(-c3ccccc3-c3cc(-c4ccc(-c5cccc6c7ccccc7n(-c7ccccc7)c56)cc4)nc(-c4ccccc4)n3)cccc21. The second-order valence-electron chi connectivity index (χ2n) is 16.9. The number of para-hydroxylation sites is 3. The molecule has 0 saturated carbocycles. The quantitative estimate of drug-likeness (QED) is 0.168. The van der Waals surface area contributed by atoms with E-state index < -0.39 is 0 Å². The van der Waals surface area contributed by atoms with Gasteiger partial charge in [-0.25, -0.2) is 9.97 Å². The number of fused-ring (bicyclic) bond motifs is 7. The maximum atomic E-state index is 5.34. The molecule has 292 valence electrons. The molecule has 1 aliphatic carbocycles. The summed E-state index contributed by atoms with van der Waals surface area (Å²) < 4.78 is 2.40. The van der Waals surface area contributed by atoms with Gasteiger partial charge in [0.05, 0.1) is 22.4 Å². The van der Waals surface area contributed by atoms with Crippen molar-refractivity contribution < 1.29 is 0 Å². The average Bonchev–Trinajstić information content (AvgIpc) is 3.79. The van der Waals surface area contributed by atoms with Crippen LogP contribution in [0.2, 0.25) is 0 Å². The third-order valence-corrected chi connectivity index (χ3v) is 13.0. The molecule has 9 aromatic carbocycles. The average molecular weight is 792 g/mol. The van der Waals surface area contributed by atoms with Gasteiger partial charge in [0.25, 0.3) is 0 Å². The Balaban J connectivity index is 1.01. The zero-order valence-electron chi connectivity index (χ0n) is 34.5. The molecule has 0 aliphatic heterocycles. The molecule has 0 spiro atoms. The van der Waals surface area contributed by atoms with Crippen LogP contribution >= 0.6 is 0 Å². The second-order valence-corrected chi connectivity index (χ2v) is 16.9. The van der Waals surface area contributed by atoms with Gasteiger partial charge in [-0.1, -0.05) is 190 Å². The minimum absolute atomic E-state index is 0.141. The third-order valence-electron chi connectivity index (χ3n) is 13.0. The summed E-state index contributed by atoms with van der Waals surface area (Å²) >= 11 is 0. The number of hydrogen-bond donors (Lipinski definition) is 0. The Kier molecular flexibility index (Phi) is 8.20. The standard InChI is InChI=1S/C59H41N3/c1-59(2)51-29-16-27-48(56(51)50-35-41-19-9-10-20-42(41)36-52(50)59)45-23-11-12-24-46(45)54-37-53(60-58(61-54)40-17-5-3-6-18-40)39-33-31-38(32-34-39)44-26-15-28-49-47-25-13-14-30-55(47)62(57(44)49)43-21-7-4-8-22-43/h3-37H,1-2H3. The van der Waals surface area contributed by atoms with E-state index in [2.05, 4.69) is 225 Å². The fraction of sp³-hybridized carbons (Fsp3) is 0.0508. The maximum absolute atomic E-state index is 5.34. The molecule has 11 aromatic rings. The van der Waals surface area contributed by atoms with Crippen LogP contribution in [0.15, 0.2) is 212 Å². The van der Waals surface area contributed by atoms with E-state index in [9.17, 15) is 0 Å². The fourth-order valence-electron chi connectivity index (χ4n) is 10.0. The van der Waals surface area contributed by atoms with Crippen molar-refractivity contribution >= 4 is 32.6 Å². The number of benzene rings is 9. The number of hydrogen-bond acceptors (Lipinski definition) is 2. The lowest BCUT2D eigenvalue weighted by Gasteiger charge is -2.22. The van der Waals surface area contributed by atoms with Crippen molar-refractivity contribution in [1.82, 2.24) is 14.5 Å². The molecule has 0 atom stereocenters. The van der Waals surface area contributed by atoms with Crippen molar-refractivity contribution in [3.63, 3.8) is 0 Å². The molecular weight excluding hydrogens is 751 g/mol. The van der Waals surface area contributed by atoms with Crippen LogP contribution in [-0.2, 0) is 5.41 Å². The predicted molar refractivity (Wildman–Crippen MR) is 259 cm³/mol. The van der Waals surface area contributed by atoms with Crippen LogP contribution in [0.3, 0.4) is 0 Å². The second kappa shape index (κ2) is 14.1. The third kappa shape index (κ3) is 5.66. The topological polar surface area (TPSA) is 30.7 Å². The molecule has 62 heavy (non-hydrogen) atoms. The van der Waals surface area contributed by atoms with Gasteiger partial charge >= 0.3 is 0 Å². The van der Waals surface area contributed by atoms with Gasteiger partial charge in [-0.05, 0) is 86.1 Å². The molecule has 0 bridgehead atoms. The highest BCUT2D eigenvalue weighted by Crippen LogP contribution is 2.54. The summed E-state index contributed by atoms with van der Waals surface area (Å²) in [5, 5.41) is 5.01. The predicted octanol–water partition coefficient (Wildman–Crippen LogP) is 15.4. The molecule has 0 N–H and O–H groups in total. The summed E-state index contributed by atoms with van der Waals surface area (Å²) in [5.74, 6) is 0.699. The van der Waals surface area contributed by atoms with Gasteiger partial charge in [0, 0.05) is 44.1 Å². The number of rotatable bonds is 6. The first kappa shape index (κ1) is 36.0. The van der Waals surface area contributed by atoms with Gasteiger partial charge in [0.2, 0.25) is 0 Å². The van der Waals surface area contributed by atoms with Crippen molar-refractivity contribution in [3.05, 3.63) is 223 Å². The van der Waals surface area contributed by atoms with Gasteiger partial charge in [-0.3, -0.25) is 0 Å². The summed E-state index contributed by atoms with van der Waals surface area (Å²) in [5.41, 5.74) is 18.3. The van der Waals surface area contributed by atoms with E-state index in [1.54, 1.807) is 0 Å². The first-order valence-corrected chi connectivity index (χ1v) is 21.4. The normalized spacial score (nSPS) is 12.8. The summed E-state index contributed by atoms with van der Waals surface area (Å²) in [7, 11) is 0. The van der Waals surface area contributed by atoms with Gasteiger partial charge < -0.3 is 4.57 Å². The van der Waals surface area contributed by atoms with Gasteiger partial charge in [0.15, 0.2) is 5.82 Å². The van der Waals surface area contributed by atoms with E-state index in [-0.39, 0.29) is 5.41 Å². The Morgan fingerprint density at radius 1 is 0.387 bits per heavy atom. The zero-order chi connectivity index (χ0) is 41.4. The molecule has 0 unspecified atom stereocenters. The van der Waals surface area contributed by atoms with Crippen molar-refractivity contribution in [2.75, 3.05) is 0 Å². The van der Waals surface area contributed by atoms with Crippen LogP contribution in [0.25, 0.3) is 106 Å².